The van der Waals surface area contributed by atoms with Gasteiger partial charge in [-0.15, -0.1) is 0 Å². The molecule has 1 fully saturated rings. The summed E-state index contributed by atoms with van der Waals surface area (Å²) in [7, 11) is 0. The molecule has 0 aromatic heterocycles. The minimum atomic E-state index is -1.05. The van der Waals surface area contributed by atoms with E-state index >= 15 is 0 Å². The minimum Gasteiger partial charge on any atom is -0.454 e. The van der Waals surface area contributed by atoms with Gasteiger partial charge in [0.1, 0.15) is 17.9 Å². The molecule has 1 aromatic carbocycles. The smallest absolute Gasteiger partial charge is 0.326 e. The van der Waals surface area contributed by atoms with Gasteiger partial charge in [-0.05, 0) is 31.5 Å². The Morgan fingerprint density at radius 3 is 2.68 bits per heavy atom. The third kappa shape index (κ3) is 4.31. The van der Waals surface area contributed by atoms with Crippen molar-refractivity contribution in [3.8, 4) is 0 Å². The van der Waals surface area contributed by atoms with Crippen molar-refractivity contribution in [2.75, 3.05) is 18.5 Å². The fraction of sp³-hybridized carbons (Fsp3) is 0.375. The quantitative estimate of drug-likeness (QED) is 0.588. The fourth-order valence-electron chi connectivity index (χ4n) is 2.21. The maximum Gasteiger partial charge on any atom is 0.326 e. The van der Waals surface area contributed by atoms with Crippen molar-refractivity contribution in [2.45, 2.75) is 25.8 Å². The molecule has 0 saturated carbocycles. The Hall–Kier alpha value is -2.97. The van der Waals surface area contributed by atoms with Gasteiger partial charge in [-0.3, -0.25) is 19.3 Å². The molecule has 0 spiro atoms. The molecule has 9 heteroatoms. The van der Waals surface area contributed by atoms with Gasteiger partial charge in [0.2, 0.25) is 0 Å². The van der Waals surface area contributed by atoms with E-state index in [-0.39, 0.29) is 5.69 Å². The van der Waals surface area contributed by atoms with E-state index in [0.717, 1.165) is 11.0 Å². The van der Waals surface area contributed by atoms with E-state index in [2.05, 4.69) is 10.6 Å². The third-order valence-corrected chi connectivity index (χ3v) is 3.81. The number of hydrogen-bond donors (Lipinski definition) is 2. The summed E-state index contributed by atoms with van der Waals surface area (Å²) >= 11 is 0. The summed E-state index contributed by atoms with van der Waals surface area (Å²) in [4.78, 5) is 48.1. The molecule has 0 aliphatic carbocycles. The molecule has 1 heterocycles. The maximum atomic E-state index is 13.0. The van der Waals surface area contributed by atoms with Gasteiger partial charge in [-0.2, -0.15) is 0 Å². The number of nitrogens with one attached hydrogen (secondary N) is 2. The number of carbonyl (C=O) groups is 4. The lowest BCUT2D eigenvalue weighted by molar-refractivity contribution is -0.150. The summed E-state index contributed by atoms with van der Waals surface area (Å²) in [5.41, 5.74) is -0.833. The normalized spacial score (nSPS) is 19.6. The second kappa shape index (κ2) is 7.29. The van der Waals surface area contributed by atoms with Gasteiger partial charge in [0.05, 0.1) is 0 Å². The summed E-state index contributed by atoms with van der Waals surface area (Å²) < 4.78 is 17.8. The molecule has 1 aliphatic rings. The standard InChI is InChI=1S/C16H18FN3O5/c1-3-16(2)14(23)20(15(24)19-16)8-13(22)25-9-12(21)18-11-6-4-5-10(17)7-11/h4-7H,3,8-9H2,1-2H3,(H,18,21)(H,19,24)/t16-/m0/s1. The first-order chi connectivity index (χ1) is 11.7. The number of imide groups is 1. The Labute approximate surface area is 143 Å². The van der Waals surface area contributed by atoms with E-state index in [0.29, 0.717) is 6.42 Å². The van der Waals surface area contributed by atoms with E-state index in [1.54, 1.807) is 13.8 Å². The fourth-order valence-corrected chi connectivity index (χ4v) is 2.21. The van der Waals surface area contributed by atoms with Crippen LogP contribution in [0.15, 0.2) is 24.3 Å². The highest BCUT2D eigenvalue weighted by Gasteiger charge is 2.47. The first kappa shape index (κ1) is 18.4. The number of anilines is 1. The molecule has 1 atom stereocenters. The largest absolute Gasteiger partial charge is 0.454 e. The van der Waals surface area contributed by atoms with Gasteiger partial charge in [0, 0.05) is 5.69 Å². The van der Waals surface area contributed by atoms with E-state index in [1.807, 2.05) is 0 Å². The lowest BCUT2D eigenvalue weighted by Gasteiger charge is -2.18. The Bertz CT molecular complexity index is 723. The molecule has 25 heavy (non-hydrogen) atoms. The summed E-state index contributed by atoms with van der Waals surface area (Å²) in [6.45, 7) is 2.08. The Balaban J connectivity index is 1.83. The molecule has 1 saturated heterocycles. The molecule has 134 valence electrons. The number of esters is 1. The Morgan fingerprint density at radius 1 is 1.36 bits per heavy atom. The summed E-state index contributed by atoms with van der Waals surface area (Å²) in [5.74, 6) is -2.62. The van der Waals surface area contributed by atoms with Crippen molar-refractivity contribution in [1.82, 2.24) is 10.2 Å². The van der Waals surface area contributed by atoms with Crippen molar-refractivity contribution in [2.24, 2.45) is 0 Å². The van der Waals surface area contributed by atoms with Crippen LogP contribution in [0.25, 0.3) is 0 Å². The lowest BCUT2D eigenvalue weighted by Crippen LogP contribution is -2.43. The minimum absolute atomic E-state index is 0.217. The zero-order valence-electron chi connectivity index (χ0n) is 13.8. The first-order valence-electron chi connectivity index (χ1n) is 7.60. The number of ether oxygens (including phenoxy) is 1. The molecule has 2 N–H and O–H groups in total. The highest BCUT2D eigenvalue weighted by molar-refractivity contribution is 6.08. The molecule has 0 unspecified atom stereocenters. The number of urea groups is 1. The molecular weight excluding hydrogens is 333 g/mol. The molecule has 4 amide bonds. The van der Waals surface area contributed by atoms with Crippen LogP contribution in [0.4, 0.5) is 14.9 Å². The molecule has 0 radical (unpaired) electrons. The van der Waals surface area contributed by atoms with Gasteiger partial charge in [0.25, 0.3) is 11.8 Å². The average Bonchev–Trinajstić information content (AvgIpc) is 2.77. The summed E-state index contributed by atoms with van der Waals surface area (Å²) in [5, 5.41) is 4.86. The van der Waals surface area contributed by atoms with E-state index in [1.165, 1.54) is 18.2 Å². The van der Waals surface area contributed by atoms with Crippen molar-refractivity contribution >= 4 is 29.5 Å². The zero-order chi connectivity index (χ0) is 18.6. The number of hydrogen-bond acceptors (Lipinski definition) is 5. The zero-order valence-corrected chi connectivity index (χ0v) is 13.8. The van der Waals surface area contributed by atoms with Crippen molar-refractivity contribution in [1.29, 1.82) is 0 Å². The lowest BCUT2D eigenvalue weighted by atomic mass is 9.99. The third-order valence-electron chi connectivity index (χ3n) is 3.81. The van der Waals surface area contributed by atoms with Crippen LogP contribution in [0.5, 0.6) is 0 Å². The van der Waals surface area contributed by atoms with Gasteiger partial charge in [0.15, 0.2) is 6.61 Å². The average molecular weight is 351 g/mol. The van der Waals surface area contributed by atoms with Crippen LogP contribution in [0.2, 0.25) is 0 Å². The van der Waals surface area contributed by atoms with Crippen LogP contribution < -0.4 is 10.6 Å². The Kier molecular flexibility index (Phi) is 5.35. The van der Waals surface area contributed by atoms with Crippen molar-refractivity contribution in [3.05, 3.63) is 30.1 Å². The molecule has 0 bridgehead atoms. The molecule has 1 aliphatic heterocycles. The second-order valence-electron chi connectivity index (χ2n) is 5.73. The SMILES string of the molecule is CC[C@]1(C)NC(=O)N(CC(=O)OCC(=O)Nc2cccc(F)c2)C1=O. The molecular formula is C16H18FN3O5. The van der Waals surface area contributed by atoms with Crippen molar-refractivity contribution < 1.29 is 28.3 Å². The van der Waals surface area contributed by atoms with Crippen LogP contribution in [0.3, 0.4) is 0 Å². The first-order valence-corrected chi connectivity index (χ1v) is 7.60. The predicted octanol–water partition coefficient (Wildman–Crippen LogP) is 1.03. The second-order valence-corrected chi connectivity index (χ2v) is 5.73. The number of benzene rings is 1. The maximum absolute atomic E-state index is 13.0. The molecule has 8 nitrogen and oxygen atoms in total. The summed E-state index contributed by atoms with van der Waals surface area (Å²) in [6, 6.07) is 4.53. The van der Waals surface area contributed by atoms with E-state index in [4.69, 9.17) is 4.74 Å². The van der Waals surface area contributed by atoms with Gasteiger partial charge >= 0.3 is 12.0 Å². The molecule has 2 rings (SSSR count). The van der Waals surface area contributed by atoms with Gasteiger partial charge < -0.3 is 15.4 Å². The highest BCUT2D eigenvalue weighted by Crippen LogP contribution is 2.20. The van der Waals surface area contributed by atoms with Crippen molar-refractivity contribution in [3.63, 3.8) is 0 Å². The van der Waals surface area contributed by atoms with Crippen LogP contribution in [0.1, 0.15) is 20.3 Å². The van der Waals surface area contributed by atoms with Gasteiger partial charge in [-0.1, -0.05) is 13.0 Å². The van der Waals surface area contributed by atoms with E-state index < -0.39 is 48.3 Å². The number of amides is 4. The van der Waals surface area contributed by atoms with Crippen LogP contribution in [-0.2, 0) is 19.1 Å². The number of nitrogens with zero attached hydrogens (tertiary/aromatic N) is 1. The Morgan fingerprint density at radius 2 is 2.08 bits per heavy atom. The highest BCUT2D eigenvalue weighted by atomic mass is 19.1. The number of rotatable bonds is 6. The van der Waals surface area contributed by atoms with Crippen LogP contribution in [-0.4, -0.2) is 47.4 Å². The monoisotopic (exact) mass is 351 g/mol. The summed E-state index contributed by atoms with van der Waals surface area (Å²) in [6.07, 6.45) is 0.374. The van der Waals surface area contributed by atoms with Gasteiger partial charge in [-0.25, -0.2) is 9.18 Å². The number of halogens is 1. The van der Waals surface area contributed by atoms with E-state index in [9.17, 15) is 23.6 Å². The predicted molar refractivity (Wildman–Crippen MR) is 84.9 cm³/mol. The molecule has 1 aromatic rings. The number of carbonyl (C=O) groups excluding carboxylic acids is 4. The van der Waals surface area contributed by atoms with Crippen LogP contribution in [0, 0.1) is 5.82 Å². The topological polar surface area (TPSA) is 105 Å². The van der Waals surface area contributed by atoms with Crippen LogP contribution >= 0.6 is 0 Å².